The smallest absolute Gasteiger partial charge is 0.248 e. The van der Waals surface area contributed by atoms with E-state index in [1.54, 1.807) is 25.1 Å². The molecule has 1 aliphatic heterocycles. The van der Waals surface area contributed by atoms with E-state index in [2.05, 4.69) is 5.32 Å². The molecular formula is C9H9ClN2O. The molecule has 0 spiro atoms. The van der Waals surface area contributed by atoms with Gasteiger partial charge in [-0.2, -0.15) is 0 Å². The molecule has 0 saturated heterocycles. The molecule has 0 aliphatic carbocycles. The summed E-state index contributed by atoms with van der Waals surface area (Å²) in [6.45, 7) is 1.67. The molecule has 2 rings (SSSR count). The van der Waals surface area contributed by atoms with Crippen LogP contribution >= 0.6 is 11.6 Å². The summed E-state index contributed by atoms with van der Waals surface area (Å²) in [4.78, 5) is 11.4. The second-order valence-electron chi connectivity index (χ2n) is 3.35. The van der Waals surface area contributed by atoms with Crippen molar-refractivity contribution in [3.05, 3.63) is 28.8 Å². The predicted octanol–water partition coefficient (Wildman–Crippen LogP) is 1.47. The number of carbonyl (C=O) groups is 1. The average Bonchev–Trinajstić information content (AvgIpc) is 2.27. The molecule has 13 heavy (non-hydrogen) atoms. The number of benzene rings is 1. The first kappa shape index (κ1) is 8.53. The zero-order chi connectivity index (χ0) is 9.64. The lowest BCUT2D eigenvalue weighted by molar-refractivity contribution is -0.120. The molecule has 1 atom stereocenters. The lowest BCUT2D eigenvalue weighted by Crippen LogP contribution is -2.40. The summed E-state index contributed by atoms with van der Waals surface area (Å²) in [5.41, 5.74) is 6.38. The molecule has 0 bridgehead atoms. The molecule has 1 amide bonds. The van der Waals surface area contributed by atoms with Crippen molar-refractivity contribution in [3.8, 4) is 0 Å². The Bertz CT molecular complexity index is 387. The van der Waals surface area contributed by atoms with Crippen LogP contribution < -0.4 is 11.1 Å². The molecule has 1 aliphatic rings. The first-order valence-corrected chi connectivity index (χ1v) is 4.30. The van der Waals surface area contributed by atoms with E-state index in [-0.39, 0.29) is 5.91 Å². The quantitative estimate of drug-likeness (QED) is 0.660. The number of hydrogen-bond acceptors (Lipinski definition) is 2. The maximum atomic E-state index is 11.4. The molecule has 0 saturated carbocycles. The summed E-state index contributed by atoms with van der Waals surface area (Å²) in [5, 5.41) is 3.28. The van der Waals surface area contributed by atoms with Gasteiger partial charge in [-0.05, 0) is 25.1 Å². The molecule has 0 aromatic heterocycles. The van der Waals surface area contributed by atoms with Crippen molar-refractivity contribution in [2.45, 2.75) is 12.5 Å². The molecule has 4 heteroatoms. The van der Waals surface area contributed by atoms with Crippen molar-refractivity contribution in [2.24, 2.45) is 5.73 Å². The van der Waals surface area contributed by atoms with Crippen molar-refractivity contribution >= 4 is 23.2 Å². The standard InChI is InChI=1S/C9H9ClN2O/c1-9(11)6-4-5(10)2-3-7(6)12-8(9)13/h2-4H,11H2,1H3,(H,12,13). The summed E-state index contributed by atoms with van der Waals surface area (Å²) in [6.07, 6.45) is 0. The summed E-state index contributed by atoms with van der Waals surface area (Å²) >= 11 is 5.80. The molecule has 1 aromatic carbocycles. The number of amides is 1. The third-order valence-electron chi connectivity index (χ3n) is 2.26. The minimum atomic E-state index is -0.958. The van der Waals surface area contributed by atoms with Gasteiger partial charge in [-0.1, -0.05) is 11.6 Å². The number of fused-ring (bicyclic) bond motifs is 1. The van der Waals surface area contributed by atoms with E-state index in [0.29, 0.717) is 5.02 Å². The van der Waals surface area contributed by atoms with Gasteiger partial charge in [-0.15, -0.1) is 0 Å². The van der Waals surface area contributed by atoms with Crippen LogP contribution in [0.25, 0.3) is 0 Å². The van der Waals surface area contributed by atoms with Gasteiger partial charge < -0.3 is 11.1 Å². The fourth-order valence-corrected chi connectivity index (χ4v) is 1.60. The minimum Gasteiger partial charge on any atom is -0.324 e. The second-order valence-corrected chi connectivity index (χ2v) is 3.78. The van der Waals surface area contributed by atoms with E-state index in [0.717, 1.165) is 11.3 Å². The van der Waals surface area contributed by atoms with E-state index in [4.69, 9.17) is 17.3 Å². The molecule has 1 unspecified atom stereocenters. The monoisotopic (exact) mass is 196 g/mol. The van der Waals surface area contributed by atoms with Gasteiger partial charge in [0.2, 0.25) is 5.91 Å². The normalized spacial score (nSPS) is 25.6. The van der Waals surface area contributed by atoms with Crippen molar-refractivity contribution in [1.82, 2.24) is 0 Å². The maximum Gasteiger partial charge on any atom is 0.248 e. The van der Waals surface area contributed by atoms with Crippen molar-refractivity contribution in [3.63, 3.8) is 0 Å². The van der Waals surface area contributed by atoms with Gasteiger partial charge in [0.15, 0.2) is 0 Å². The first-order chi connectivity index (χ1) is 6.01. The molecule has 1 aromatic rings. The van der Waals surface area contributed by atoms with Crippen LogP contribution in [-0.2, 0) is 10.3 Å². The zero-order valence-corrected chi connectivity index (χ0v) is 7.85. The third-order valence-corrected chi connectivity index (χ3v) is 2.50. The molecule has 3 nitrogen and oxygen atoms in total. The van der Waals surface area contributed by atoms with Crippen LogP contribution in [0, 0.1) is 0 Å². The highest BCUT2D eigenvalue weighted by Gasteiger charge is 2.38. The lowest BCUT2D eigenvalue weighted by Gasteiger charge is -2.14. The number of nitrogens with two attached hydrogens (primary N) is 1. The van der Waals surface area contributed by atoms with Crippen molar-refractivity contribution in [1.29, 1.82) is 0 Å². The fourth-order valence-electron chi connectivity index (χ4n) is 1.43. The molecule has 68 valence electrons. The zero-order valence-electron chi connectivity index (χ0n) is 7.10. The van der Waals surface area contributed by atoms with Gasteiger partial charge in [-0.25, -0.2) is 0 Å². The maximum absolute atomic E-state index is 11.4. The van der Waals surface area contributed by atoms with Gasteiger partial charge in [0, 0.05) is 16.3 Å². The van der Waals surface area contributed by atoms with Crippen LogP contribution in [0.1, 0.15) is 12.5 Å². The van der Waals surface area contributed by atoms with Gasteiger partial charge in [0.05, 0.1) is 0 Å². The molecule has 3 N–H and O–H groups in total. The van der Waals surface area contributed by atoms with Crippen LogP contribution in [-0.4, -0.2) is 5.91 Å². The Kier molecular flexibility index (Phi) is 1.62. The van der Waals surface area contributed by atoms with Gasteiger partial charge in [0.25, 0.3) is 0 Å². The minimum absolute atomic E-state index is 0.190. The Morgan fingerprint density at radius 2 is 2.23 bits per heavy atom. The topological polar surface area (TPSA) is 55.1 Å². The number of halogens is 1. The number of anilines is 1. The summed E-state index contributed by atoms with van der Waals surface area (Å²) in [5.74, 6) is -0.190. The lowest BCUT2D eigenvalue weighted by atomic mass is 9.95. The molecular weight excluding hydrogens is 188 g/mol. The largest absolute Gasteiger partial charge is 0.324 e. The highest BCUT2D eigenvalue weighted by atomic mass is 35.5. The fraction of sp³-hybridized carbons (Fsp3) is 0.222. The van der Waals surface area contributed by atoms with Crippen LogP contribution in [0.3, 0.4) is 0 Å². The summed E-state index contributed by atoms with van der Waals surface area (Å²) < 4.78 is 0. The van der Waals surface area contributed by atoms with Crippen LogP contribution in [0.4, 0.5) is 5.69 Å². The predicted molar refractivity (Wildman–Crippen MR) is 51.6 cm³/mol. The van der Waals surface area contributed by atoms with Crippen molar-refractivity contribution in [2.75, 3.05) is 5.32 Å². The first-order valence-electron chi connectivity index (χ1n) is 3.92. The van der Waals surface area contributed by atoms with E-state index in [1.165, 1.54) is 0 Å². The third kappa shape index (κ3) is 1.12. The van der Waals surface area contributed by atoms with Crippen LogP contribution in [0.5, 0.6) is 0 Å². The summed E-state index contributed by atoms with van der Waals surface area (Å²) in [6, 6.07) is 5.20. The van der Waals surface area contributed by atoms with Crippen LogP contribution in [0.2, 0.25) is 5.02 Å². The molecule has 0 radical (unpaired) electrons. The molecule has 0 fully saturated rings. The van der Waals surface area contributed by atoms with Crippen LogP contribution in [0.15, 0.2) is 18.2 Å². The molecule has 1 heterocycles. The Morgan fingerprint density at radius 3 is 2.92 bits per heavy atom. The van der Waals surface area contributed by atoms with E-state index in [9.17, 15) is 4.79 Å². The highest BCUT2D eigenvalue weighted by molar-refractivity contribution is 6.31. The summed E-state index contributed by atoms with van der Waals surface area (Å²) in [7, 11) is 0. The Balaban J connectivity index is 2.64. The van der Waals surface area contributed by atoms with E-state index >= 15 is 0 Å². The Hall–Kier alpha value is -1.06. The van der Waals surface area contributed by atoms with Gasteiger partial charge in [-0.3, -0.25) is 4.79 Å². The number of hydrogen-bond donors (Lipinski definition) is 2. The Labute approximate surface area is 80.9 Å². The van der Waals surface area contributed by atoms with Crippen molar-refractivity contribution < 1.29 is 4.79 Å². The van der Waals surface area contributed by atoms with Gasteiger partial charge in [0.1, 0.15) is 5.54 Å². The highest BCUT2D eigenvalue weighted by Crippen LogP contribution is 2.35. The second kappa shape index (κ2) is 2.47. The Morgan fingerprint density at radius 1 is 1.54 bits per heavy atom. The average molecular weight is 197 g/mol. The SMILES string of the molecule is CC1(N)C(=O)Nc2ccc(Cl)cc21. The van der Waals surface area contributed by atoms with E-state index in [1.807, 2.05) is 0 Å². The number of carbonyl (C=O) groups excluding carboxylic acids is 1. The van der Waals surface area contributed by atoms with Gasteiger partial charge >= 0.3 is 0 Å². The number of nitrogens with one attached hydrogen (secondary N) is 1. The number of rotatable bonds is 0. The van der Waals surface area contributed by atoms with E-state index < -0.39 is 5.54 Å².